The summed E-state index contributed by atoms with van der Waals surface area (Å²) in [5.74, 6) is 1.29. The van der Waals surface area contributed by atoms with Crippen molar-refractivity contribution in [3.05, 3.63) is 82.0 Å². The number of hydrogen-bond donors (Lipinski definition) is 1. The van der Waals surface area contributed by atoms with Crippen LogP contribution >= 0.6 is 35.0 Å². The molecule has 0 radical (unpaired) electrons. The Bertz CT molecular complexity index is 1210. The zero-order chi connectivity index (χ0) is 22.5. The van der Waals surface area contributed by atoms with Gasteiger partial charge in [-0.2, -0.15) is 0 Å². The Morgan fingerprint density at radius 2 is 1.94 bits per heavy atom. The maximum atomic E-state index is 12.4. The van der Waals surface area contributed by atoms with Gasteiger partial charge in [-0.25, -0.2) is 0 Å². The average Bonchev–Trinajstić information content (AvgIpc) is 3.44. The van der Waals surface area contributed by atoms with Gasteiger partial charge in [0.25, 0.3) is 0 Å². The number of halogens is 2. The number of aryl methyl sites for hydroxylation is 1. The van der Waals surface area contributed by atoms with Gasteiger partial charge in [-0.1, -0.05) is 58.7 Å². The van der Waals surface area contributed by atoms with Crippen molar-refractivity contribution >= 4 is 40.9 Å². The van der Waals surface area contributed by atoms with Crippen molar-refractivity contribution in [1.29, 1.82) is 0 Å². The van der Waals surface area contributed by atoms with Gasteiger partial charge in [0.2, 0.25) is 11.7 Å². The first-order chi connectivity index (χ1) is 15.5. The Hall–Kier alpha value is -2.74. The molecule has 0 aliphatic heterocycles. The number of carbonyl (C=O) groups is 1. The number of amides is 1. The molecule has 0 aliphatic carbocycles. The van der Waals surface area contributed by atoms with Crippen LogP contribution in [0.5, 0.6) is 0 Å². The fourth-order valence-corrected chi connectivity index (χ4v) is 4.38. The minimum atomic E-state index is -0.0990. The van der Waals surface area contributed by atoms with Crippen LogP contribution < -0.4 is 5.32 Å². The summed E-state index contributed by atoms with van der Waals surface area (Å²) >= 11 is 13.4. The van der Waals surface area contributed by atoms with Crippen molar-refractivity contribution in [3.63, 3.8) is 0 Å². The average molecular weight is 487 g/mol. The Labute approximate surface area is 199 Å². The van der Waals surface area contributed by atoms with Crippen LogP contribution in [0.2, 0.25) is 10.0 Å². The van der Waals surface area contributed by atoms with Crippen LogP contribution in [-0.4, -0.2) is 33.0 Å². The van der Waals surface area contributed by atoms with E-state index in [1.165, 1.54) is 11.8 Å². The van der Waals surface area contributed by atoms with Gasteiger partial charge in [0.05, 0.1) is 12.0 Å². The van der Waals surface area contributed by atoms with Gasteiger partial charge in [0.15, 0.2) is 10.9 Å². The van der Waals surface area contributed by atoms with Gasteiger partial charge in [0, 0.05) is 22.3 Å². The summed E-state index contributed by atoms with van der Waals surface area (Å²) in [7, 11) is 0. The maximum absolute atomic E-state index is 12.4. The quantitative estimate of drug-likeness (QED) is 0.328. The summed E-state index contributed by atoms with van der Waals surface area (Å²) in [5, 5.41) is 13.3. The highest BCUT2D eigenvalue weighted by molar-refractivity contribution is 7.99. The normalized spacial score (nSPS) is 11.0. The first kappa shape index (κ1) is 22.5. The third kappa shape index (κ3) is 5.35. The summed E-state index contributed by atoms with van der Waals surface area (Å²) in [6.45, 7) is 2.50. The highest BCUT2D eigenvalue weighted by atomic mass is 35.5. The molecule has 2 aromatic heterocycles. The molecule has 0 unspecified atom stereocenters. The van der Waals surface area contributed by atoms with Crippen molar-refractivity contribution in [3.8, 4) is 17.3 Å². The first-order valence-electron chi connectivity index (χ1n) is 9.91. The minimum Gasteiger partial charge on any atom is -0.461 e. The van der Waals surface area contributed by atoms with E-state index < -0.39 is 0 Å². The van der Waals surface area contributed by atoms with Crippen molar-refractivity contribution < 1.29 is 9.21 Å². The highest BCUT2D eigenvalue weighted by Crippen LogP contribution is 2.28. The van der Waals surface area contributed by atoms with E-state index in [4.69, 9.17) is 27.6 Å². The number of benzene rings is 2. The maximum Gasteiger partial charge on any atom is 0.230 e. The molecule has 2 aromatic carbocycles. The zero-order valence-electron chi connectivity index (χ0n) is 17.2. The molecule has 0 spiro atoms. The van der Waals surface area contributed by atoms with Crippen LogP contribution in [0.1, 0.15) is 11.1 Å². The van der Waals surface area contributed by atoms with Crippen LogP contribution in [0.4, 0.5) is 0 Å². The summed E-state index contributed by atoms with van der Waals surface area (Å²) in [6, 6.07) is 17.0. The molecular formula is C23H20Cl2N4O2S. The molecule has 0 bridgehead atoms. The summed E-state index contributed by atoms with van der Waals surface area (Å²) < 4.78 is 7.42. The minimum absolute atomic E-state index is 0.0990. The predicted molar refractivity (Wildman–Crippen MR) is 128 cm³/mol. The lowest BCUT2D eigenvalue weighted by atomic mass is 10.1. The van der Waals surface area contributed by atoms with Crippen molar-refractivity contribution in [2.45, 2.75) is 18.5 Å². The van der Waals surface area contributed by atoms with Gasteiger partial charge in [-0.05, 0) is 55.3 Å². The van der Waals surface area contributed by atoms with Gasteiger partial charge in [-0.15, -0.1) is 10.2 Å². The Kier molecular flexibility index (Phi) is 7.19. The van der Waals surface area contributed by atoms with Gasteiger partial charge in [0.1, 0.15) is 0 Å². The second-order valence-electron chi connectivity index (χ2n) is 7.08. The number of rotatable bonds is 8. The molecule has 0 saturated carbocycles. The fourth-order valence-electron chi connectivity index (χ4n) is 3.10. The second kappa shape index (κ2) is 10.3. The third-order valence-electron chi connectivity index (χ3n) is 4.73. The Morgan fingerprint density at radius 1 is 1.12 bits per heavy atom. The molecule has 32 heavy (non-hydrogen) atoms. The van der Waals surface area contributed by atoms with E-state index in [1.807, 2.05) is 47.9 Å². The highest BCUT2D eigenvalue weighted by Gasteiger charge is 2.19. The van der Waals surface area contributed by atoms with Gasteiger partial charge >= 0.3 is 0 Å². The SMILES string of the molecule is Cc1ccc(-n2c(SCC(=O)NCCc3ccc(Cl)cc3Cl)nnc2-c2ccco2)cc1. The van der Waals surface area contributed by atoms with Gasteiger partial charge < -0.3 is 9.73 Å². The number of hydrogen-bond acceptors (Lipinski definition) is 5. The Balaban J connectivity index is 1.42. The van der Waals surface area contributed by atoms with E-state index in [1.54, 1.807) is 24.5 Å². The molecule has 1 amide bonds. The van der Waals surface area contributed by atoms with Crippen LogP contribution in [0.3, 0.4) is 0 Å². The van der Waals surface area contributed by atoms with Crippen LogP contribution in [0.15, 0.2) is 70.4 Å². The van der Waals surface area contributed by atoms with Crippen LogP contribution in [-0.2, 0) is 11.2 Å². The van der Waals surface area contributed by atoms with Crippen molar-refractivity contribution in [2.75, 3.05) is 12.3 Å². The molecule has 9 heteroatoms. The number of nitrogens with one attached hydrogen (secondary N) is 1. The van der Waals surface area contributed by atoms with E-state index in [0.29, 0.717) is 39.8 Å². The summed E-state index contributed by atoms with van der Waals surface area (Å²) in [6.07, 6.45) is 2.21. The topological polar surface area (TPSA) is 73.0 Å². The summed E-state index contributed by atoms with van der Waals surface area (Å²) in [5.41, 5.74) is 2.98. The second-order valence-corrected chi connectivity index (χ2v) is 8.86. The van der Waals surface area contributed by atoms with Crippen LogP contribution in [0.25, 0.3) is 17.3 Å². The van der Waals surface area contributed by atoms with Crippen molar-refractivity contribution in [2.24, 2.45) is 0 Å². The molecule has 1 N–H and O–H groups in total. The molecule has 0 fully saturated rings. The van der Waals surface area contributed by atoms with Crippen molar-refractivity contribution in [1.82, 2.24) is 20.1 Å². The molecule has 164 valence electrons. The van der Waals surface area contributed by atoms with E-state index in [0.717, 1.165) is 16.8 Å². The number of carbonyl (C=O) groups excluding carboxylic acids is 1. The fraction of sp³-hybridized carbons (Fsp3) is 0.174. The lowest BCUT2D eigenvalue weighted by molar-refractivity contribution is -0.118. The van der Waals surface area contributed by atoms with E-state index in [2.05, 4.69) is 15.5 Å². The molecule has 0 aliphatic rings. The smallest absolute Gasteiger partial charge is 0.230 e. The number of aromatic nitrogens is 3. The monoisotopic (exact) mass is 486 g/mol. The van der Waals surface area contributed by atoms with Crippen LogP contribution in [0, 0.1) is 6.92 Å². The molecule has 0 atom stereocenters. The standard InChI is InChI=1S/C23H20Cl2N4O2S/c1-15-4-8-18(9-5-15)29-22(20-3-2-12-31-20)27-28-23(29)32-14-21(30)26-11-10-16-6-7-17(24)13-19(16)25/h2-9,12-13H,10-11,14H2,1H3,(H,26,30). The number of furan rings is 1. The molecular weight excluding hydrogens is 467 g/mol. The molecule has 2 heterocycles. The third-order valence-corrected chi connectivity index (χ3v) is 6.25. The Morgan fingerprint density at radius 3 is 2.66 bits per heavy atom. The molecule has 4 aromatic rings. The largest absolute Gasteiger partial charge is 0.461 e. The van der Waals surface area contributed by atoms with E-state index >= 15 is 0 Å². The molecule has 4 rings (SSSR count). The number of thioether (sulfide) groups is 1. The van der Waals surface area contributed by atoms with Gasteiger partial charge in [-0.3, -0.25) is 9.36 Å². The van der Waals surface area contributed by atoms with E-state index in [9.17, 15) is 4.79 Å². The number of nitrogens with zero attached hydrogens (tertiary/aromatic N) is 3. The lowest BCUT2D eigenvalue weighted by Crippen LogP contribution is -2.27. The molecule has 6 nitrogen and oxygen atoms in total. The molecule has 0 saturated heterocycles. The first-order valence-corrected chi connectivity index (χ1v) is 11.6. The predicted octanol–water partition coefficient (Wildman–Crippen LogP) is 5.59. The summed E-state index contributed by atoms with van der Waals surface area (Å²) in [4.78, 5) is 12.4. The lowest BCUT2D eigenvalue weighted by Gasteiger charge is -2.10. The zero-order valence-corrected chi connectivity index (χ0v) is 19.5. The van der Waals surface area contributed by atoms with E-state index in [-0.39, 0.29) is 11.7 Å².